The normalized spacial score (nSPS) is 12.8. The number of halogens is 1. The van der Waals surface area contributed by atoms with Gasteiger partial charge in [0.2, 0.25) is 0 Å². The maximum atomic E-state index is 13.0. The van der Waals surface area contributed by atoms with E-state index in [9.17, 15) is 4.39 Å². The Kier molecular flexibility index (Phi) is 3.25. The van der Waals surface area contributed by atoms with E-state index in [4.69, 9.17) is 0 Å². The molecule has 0 aliphatic carbocycles. The van der Waals surface area contributed by atoms with E-state index in [1.165, 1.54) is 23.6 Å². The number of thiol groups is 1. The molecule has 5 heteroatoms. The highest BCUT2D eigenvalue weighted by atomic mass is 32.1. The summed E-state index contributed by atoms with van der Waals surface area (Å²) in [6.45, 7) is 3.94. The number of pyridine rings is 1. The Morgan fingerprint density at radius 2 is 2.19 bits per heavy atom. The molecule has 2 nitrogen and oxygen atoms in total. The molecule has 2 aromatic rings. The van der Waals surface area contributed by atoms with E-state index in [0.29, 0.717) is 5.56 Å². The lowest BCUT2D eigenvalue weighted by Crippen LogP contribution is -1.83. The van der Waals surface area contributed by atoms with Crippen LogP contribution < -0.4 is 0 Å². The Bertz CT molecular complexity index is 508. The lowest BCUT2D eigenvalue weighted by molar-refractivity contribution is 0.622. The molecule has 1 unspecified atom stereocenters. The van der Waals surface area contributed by atoms with Crippen molar-refractivity contribution >= 4 is 24.0 Å². The molecule has 0 amide bonds. The van der Waals surface area contributed by atoms with E-state index in [1.54, 1.807) is 6.20 Å². The number of nitrogens with zero attached hydrogens (tertiary/aromatic N) is 2. The first-order chi connectivity index (χ1) is 7.58. The minimum Gasteiger partial charge on any atom is -0.261 e. The summed E-state index contributed by atoms with van der Waals surface area (Å²) in [6.07, 6.45) is 2.81. The molecule has 16 heavy (non-hydrogen) atoms. The fourth-order valence-electron chi connectivity index (χ4n) is 1.45. The Hall–Kier alpha value is -0.940. The van der Waals surface area contributed by atoms with Gasteiger partial charge in [-0.2, -0.15) is 12.6 Å². The molecule has 2 rings (SSSR count). The molecule has 1 atom stereocenters. The molecule has 0 spiro atoms. The molecule has 2 aromatic heterocycles. The second-order valence-corrected chi connectivity index (χ2v) is 5.34. The third-order valence-corrected chi connectivity index (χ3v) is 3.99. The molecule has 0 saturated heterocycles. The second-order valence-electron chi connectivity index (χ2n) is 3.54. The van der Waals surface area contributed by atoms with Gasteiger partial charge in [0.15, 0.2) is 0 Å². The Balaban J connectivity index is 2.45. The van der Waals surface area contributed by atoms with Crippen LogP contribution in [0.2, 0.25) is 0 Å². The highest BCUT2D eigenvalue weighted by Crippen LogP contribution is 2.33. The number of hydrogen-bond donors (Lipinski definition) is 1. The zero-order chi connectivity index (χ0) is 11.7. The maximum Gasteiger partial charge on any atom is 0.142 e. The van der Waals surface area contributed by atoms with Crippen molar-refractivity contribution in [3.05, 3.63) is 34.8 Å². The smallest absolute Gasteiger partial charge is 0.142 e. The molecule has 0 radical (unpaired) electrons. The third kappa shape index (κ3) is 2.25. The fraction of sp³-hybridized carbons (Fsp3) is 0.273. The molecule has 0 bridgehead atoms. The summed E-state index contributed by atoms with van der Waals surface area (Å²) < 4.78 is 13.0. The zero-order valence-electron chi connectivity index (χ0n) is 8.94. The number of thiazole rings is 1. The van der Waals surface area contributed by atoms with Crippen molar-refractivity contribution in [2.45, 2.75) is 19.1 Å². The molecule has 2 heterocycles. The minimum absolute atomic E-state index is 0.146. The first-order valence-corrected chi connectivity index (χ1v) is 6.17. The maximum absolute atomic E-state index is 13.0. The predicted octanol–water partition coefficient (Wildman–Crippen LogP) is 3.64. The van der Waals surface area contributed by atoms with Crippen LogP contribution in [0.5, 0.6) is 0 Å². The van der Waals surface area contributed by atoms with Crippen molar-refractivity contribution in [2.24, 2.45) is 0 Å². The van der Waals surface area contributed by atoms with Crippen molar-refractivity contribution in [1.29, 1.82) is 0 Å². The van der Waals surface area contributed by atoms with Gasteiger partial charge in [0, 0.05) is 21.9 Å². The van der Waals surface area contributed by atoms with Crippen LogP contribution in [0.15, 0.2) is 18.5 Å². The first-order valence-electron chi connectivity index (χ1n) is 4.84. The number of hydrogen-bond acceptors (Lipinski definition) is 4. The van der Waals surface area contributed by atoms with E-state index < -0.39 is 0 Å². The summed E-state index contributed by atoms with van der Waals surface area (Å²) >= 11 is 5.92. The molecule has 84 valence electrons. The van der Waals surface area contributed by atoms with Crippen molar-refractivity contribution in [2.75, 3.05) is 0 Å². The van der Waals surface area contributed by atoms with Gasteiger partial charge in [0.25, 0.3) is 0 Å². The van der Waals surface area contributed by atoms with Gasteiger partial charge in [-0.25, -0.2) is 9.37 Å². The molecular formula is C11H11FN2S2. The van der Waals surface area contributed by atoms with Gasteiger partial charge in [-0.1, -0.05) is 0 Å². The van der Waals surface area contributed by atoms with E-state index in [2.05, 4.69) is 22.6 Å². The number of aryl methyl sites for hydroxylation is 1. The summed E-state index contributed by atoms with van der Waals surface area (Å²) in [5.74, 6) is -0.342. The van der Waals surface area contributed by atoms with E-state index in [-0.39, 0.29) is 11.1 Å². The predicted molar refractivity (Wildman–Crippen MR) is 67.4 cm³/mol. The lowest BCUT2D eigenvalue weighted by atomic mass is 10.3. The average molecular weight is 254 g/mol. The van der Waals surface area contributed by atoms with Gasteiger partial charge in [-0.15, -0.1) is 11.3 Å². The fourth-order valence-corrected chi connectivity index (χ4v) is 2.78. The topological polar surface area (TPSA) is 25.8 Å². The first kappa shape index (κ1) is 11.5. The van der Waals surface area contributed by atoms with Gasteiger partial charge in [-0.05, 0) is 19.9 Å². The molecule has 0 aliphatic rings. The molecule has 0 aromatic carbocycles. The molecule has 0 saturated carbocycles. The van der Waals surface area contributed by atoms with Crippen molar-refractivity contribution in [3.8, 4) is 10.6 Å². The summed E-state index contributed by atoms with van der Waals surface area (Å²) in [6, 6.07) is 1.44. The largest absolute Gasteiger partial charge is 0.261 e. The standard InChI is InChI=1S/C11H11FN2S2/c1-6-10(7(2)15)16-11(14-6)8-3-9(12)5-13-4-8/h3-5,7,15H,1-2H3. The highest BCUT2D eigenvalue weighted by Gasteiger charge is 2.13. The van der Waals surface area contributed by atoms with E-state index >= 15 is 0 Å². The Morgan fingerprint density at radius 1 is 1.44 bits per heavy atom. The van der Waals surface area contributed by atoms with Crippen molar-refractivity contribution in [1.82, 2.24) is 9.97 Å². The lowest BCUT2D eigenvalue weighted by Gasteiger charge is -1.98. The van der Waals surface area contributed by atoms with Crippen LogP contribution in [0.25, 0.3) is 10.6 Å². The van der Waals surface area contributed by atoms with Crippen LogP contribution in [-0.4, -0.2) is 9.97 Å². The summed E-state index contributed by atoms with van der Waals surface area (Å²) in [7, 11) is 0. The van der Waals surface area contributed by atoms with Gasteiger partial charge in [0.1, 0.15) is 10.8 Å². The van der Waals surface area contributed by atoms with Crippen molar-refractivity contribution in [3.63, 3.8) is 0 Å². The van der Waals surface area contributed by atoms with Crippen LogP contribution in [0.3, 0.4) is 0 Å². The Morgan fingerprint density at radius 3 is 2.75 bits per heavy atom. The molecule has 0 N–H and O–H groups in total. The van der Waals surface area contributed by atoms with Gasteiger partial charge < -0.3 is 0 Å². The molecule has 0 fully saturated rings. The van der Waals surface area contributed by atoms with Crippen LogP contribution in [0, 0.1) is 12.7 Å². The summed E-state index contributed by atoms with van der Waals surface area (Å²) in [5, 5.41) is 0.938. The highest BCUT2D eigenvalue weighted by molar-refractivity contribution is 7.80. The van der Waals surface area contributed by atoms with Gasteiger partial charge in [-0.3, -0.25) is 4.98 Å². The van der Waals surface area contributed by atoms with Gasteiger partial charge >= 0.3 is 0 Å². The van der Waals surface area contributed by atoms with Crippen LogP contribution >= 0.6 is 24.0 Å². The van der Waals surface area contributed by atoms with Gasteiger partial charge in [0.05, 0.1) is 11.9 Å². The number of aromatic nitrogens is 2. The molecule has 0 aliphatic heterocycles. The summed E-state index contributed by atoms with van der Waals surface area (Å²) in [4.78, 5) is 9.34. The SMILES string of the molecule is Cc1nc(-c2cncc(F)c2)sc1C(C)S. The van der Waals surface area contributed by atoms with E-state index in [0.717, 1.165) is 15.6 Å². The molecular weight excluding hydrogens is 243 g/mol. The minimum atomic E-state index is -0.342. The van der Waals surface area contributed by atoms with Crippen LogP contribution in [-0.2, 0) is 0 Å². The summed E-state index contributed by atoms with van der Waals surface area (Å²) in [5.41, 5.74) is 1.67. The quantitative estimate of drug-likeness (QED) is 0.828. The van der Waals surface area contributed by atoms with Crippen LogP contribution in [0.4, 0.5) is 4.39 Å². The zero-order valence-corrected chi connectivity index (χ0v) is 10.6. The van der Waals surface area contributed by atoms with E-state index in [1.807, 2.05) is 13.8 Å². The average Bonchev–Trinajstić information content (AvgIpc) is 2.60. The van der Waals surface area contributed by atoms with Crippen LogP contribution in [0.1, 0.15) is 22.7 Å². The Labute approximate surface area is 103 Å². The third-order valence-electron chi connectivity index (χ3n) is 2.16. The van der Waals surface area contributed by atoms with Crippen molar-refractivity contribution < 1.29 is 4.39 Å². The monoisotopic (exact) mass is 254 g/mol. The second kappa shape index (κ2) is 4.51. The number of rotatable bonds is 2.